The topological polar surface area (TPSA) is 100 Å². The van der Waals surface area contributed by atoms with E-state index in [0.29, 0.717) is 16.8 Å². The minimum Gasteiger partial charge on any atom is -0.388 e. The summed E-state index contributed by atoms with van der Waals surface area (Å²) in [5, 5.41) is 18.7. The molecule has 9 heteroatoms. The van der Waals surface area contributed by atoms with Gasteiger partial charge < -0.3 is 5.11 Å². The Kier molecular flexibility index (Phi) is 4.35. The largest absolute Gasteiger partial charge is 0.388 e. The molecular weight excluding hydrogens is 380 g/mol. The average Bonchev–Trinajstić information content (AvgIpc) is 3.32. The molecule has 0 saturated heterocycles. The van der Waals surface area contributed by atoms with Crippen molar-refractivity contribution in [2.45, 2.75) is 42.5 Å². The van der Waals surface area contributed by atoms with Gasteiger partial charge in [0.25, 0.3) is 0 Å². The van der Waals surface area contributed by atoms with E-state index in [-0.39, 0.29) is 6.61 Å². The third kappa shape index (κ3) is 3.11. The summed E-state index contributed by atoms with van der Waals surface area (Å²) in [6.07, 6.45) is 8.12. The van der Waals surface area contributed by atoms with E-state index in [1.165, 1.54) is 35.0 Å². The Hall–Kier alpha value is -2.36. The minimum absolute atomic E-state index is 0.165. The lowest BCUT2D eigenvalue weighted by atomic mass is 9.97. The van der Waals surface area contributed by atoms with E-state index < -0.39 is 0 Å². The number of pyridine rings is 1. The van der Waals surface area contributed by atoms with Gasteiger partial charge in [0.05, 0.1) is 0 Å². The number of aromatic nitrogens is 6. The first kappa shape index (κ1) is 16.8. The fourth-order valence-corrected chi connectivity index (χ4v) is 5.50. The number of rotatable bonds is 4. The normalized spacial score (nSPS) is 13.8. The van der Waals surface area contributed by atoms with Gasteiger partial charge >= 0.3 is 0 Å². The molecule has 0 aliphatic heterocycles. The number of aliphatic hydroxyl groups is 1. The van der Waals surface area contributed by atoms with Crippen molar-refractivity contribution >= 4 is 33.3 Å². The van der Waals surface area contributed by atoms with Crippen molar-refractivity contribution in [1.29, 1.82) is 0 Å². The number of thiophene rings is 1. The van der Waals surface area contributed by atoms with Crippen molar-refractivity contribution in [3.8, 4) is 11.4 Å². The summed E-state index contributed by atoms with van der Waals surface area (Å²) in [5.41, 5.74) is 2.26. The maximum absolute atomic E-state index is 9.23. The van der Waals surface area contributed by atoms with E-state index >= 15 is 0 Å². The van der Waals surface area contributed by atoms with Crippen molar-refractivity contribution in [3.05, 3.63) is 40.8 Å². The van der Waals surface area contributed by atoms with Crippen LogP contribution in [0.4, 0.5) is 0 Å². The van der Waals surface area contributed by atoms with Crippen molar-refractivity contribution in [2.24, 2.45) is 0 Å². The Morgan fingerprint density at radius 1 is 1.19 bits per heavy atom. The van der Waals surface area contributed by atoms with Crippen LogP contribution in [0.5, 0.6) is 0 Å². The van der Waals surface area contributed by atoms with Crippen LogP contribution in [0, 0.1) is 0 Å². The molecule has 0 atom stereocenters. The summed E-state index contributed by atoms with van der Waals surface area (Å²) < 4.78 is 0. The molecular formula is C18H16N6OS2. The second-order valence-electron chi connectivity index (χ2n) is 6.31. The summed E-state index contributed by atoms with van der Waals surface area (Å²) in [6, 6.07) is 3.85. The zero-order chi connectivity index (χ0) is 18.2. The molecule has 0 bridgehead atoms. The molecule has 4 heterocycles. The molecule has 0 fully saturated rings. The highest BCUT2D eigenvalue weighted by molar-refractivity contribution is 7.99. The van der Waals surface area contributed by atoms with Gasteiger partial charge in [0, 0.05) is 28.2 Å². The van der Waals surface area contributed by atoms with Crippen LogP contribution in [-0.2, 0) is 19.4 Å². The number of hydrogen-bond donors (Lipinski definition) is 2. The SMILES string of the molecule is OCc1nc(Sc2nc(-c3cccnc3)nc3sc4c(c23)CCCC4)n[nH]1. The van der Waals surface area contributed by atoms with Crippen LogP contribution in [-0.4, -0.2) is 35.2 Å². The van der Waals surface area contributed by atoms with Gasteiger partial charge in [0.1, 0.15) is 16.5 Å². The number of nitrogens with one attached hydrogen (secondary N) is 1. The fourth-order valence-electron chi connectivity index (χ4n) is 3.30. The molecule has 0 aromatic carbocycles. The average molecular weight is 397 g/mol. The summed E-state index contributed by atoms with van der Waals surface area (Å²) in [4.78, 5) is 20.6. The van der Waals surface area contributed by atoms with E-state index in [9.17, 15) is 5.11 Å². The molecule has 0 unspecified atom stereocenters. The van der Waals surface area contributed by atoms with Crippen molar-refractivity contribution in [3.63, 3.8) is 0 Å². The maximum atomic E-state index is 9.23. The molecule has 1 aliphatic rings. The van der Waals surface area contributed by atoms with Gasteiger partial charge in [-0.1, -0.05) is 0 Å². The van der Waals surface area contributed by atoms with Crippen LogP contribution in [0.25, 0.3) is 21.6 Å². The summed E-state index contributed by atoms with van der Waals surface area (Å²) in [5.74, 6) is 1.11. The second-order valence-corrected chi connectivity index (χ2v) is 8.35. The lowest BCUT2D eigenvalue weighted by Crippen LogP contribution is -2.00. The molecule has 0 radical (unpaired) electrons. The van der Waals surface area contributed by atoms with Gasteiger partial charge in [0.2, 0.25) is 5.16 Å². The van der Waals surface area contributed by atoms with Crippen molar-refractivity contribution in [1.82, 2.24) is 30.1 Å². The Morgan fingerprint density at radius 3 is 2.93 bits per heavy atom. The molecule has 2 N–H and O–H groups in total. The summed E-state index contributed by atoms with van der Waals surface area (Å²) in [6.45, 7) is -0.165. The first-order valence-corrected chi connectivity index (χ1v) is 10.4. The van der Waals surface area contributed by atoms with Gasteiger partial charge in [-0.2, -0.15) is 0 Å². The lowest BCUT2D eigenvalue weighted by Gasteiger charge is -2.11. The number of H-pyrrole nitrogens is 1. The molecule has 27 heavy (non-hydrogen) atoms. The molecule has 4 aromatic rings. The molecule has 5 rings (SSSR count). The van der Waals surface area contributed by atoms with Gasteiger partial charge in [-0.3, -0.25) is 10.1 Å². The highest BCUT2D eigenvalue weighted by Gasteiger charge is 2.23. The van der Waals surface area contributed by atoms with Gasteiger partial charge in [0.15, 0.2) is 11.6 Å². The molecule has 0 spiro atoms. The van der Waals surface area contributed by atoms with E-state index in [2.05, 4.69) is 20.2 Å². The van der Waals surface area contributed by atoms with Crippen LogP contribution in [0.15, 0.2) is 34.7 Å². The highest BCUT2D eigenvalue weighted by atomic mass is 32.2. The summed E-state index contributed by atoms with van der Waals surface area (Å²) in [7, 11) is 0. The Labute approximate surface area is 163 Å². The van der Waals surface area contributed by atoms with Crippen LogP contribution >= 0.6 is 23.1 Å². The molecule has 0 amide bonds. The van der Waals surface area contributed by atoms with Gasteiger partial charge in [-0.25, -0.2) is 15.0 Å². The maximum Gasteiger partial charge on any atom is 0.214 e. The Bertz CT molecular complexity index is 1110. The Morgan fingerprint density at radius 2 is 2.11 bits per heavy atom. The molecule has 7 nitrogen and oxygen atoms in total. The number of nitrogens with zero attached hydrogens (tertiary/aromatic N) is 5. The summed E-state index contributed by atoms with van der Waals surface area (Å²) >= 11 is 3.18. The first-order valence-electron chi connectivity index (χ1n) is 8.74. The number of hydrogen-bond acceptors (Lipinski definition) is 8. The van der Waals surface area contributed by atoms with Crippen molar-refractivity contribution in [2.75, 3.05) is 0 Å². The van der Waals surface area contributed by atoms with Crippen LogP contribution in [0.3, 0.4) is 0 Å². The monoisotopic (exact) mass is 396 g/mol. The van der Waals surface area contributed by atoms with E-state index in [0.717, 1.165) is 33.6 Å². The van der Waals surface area contributed by atoms with Crippen LogP contribution in [0.1, 0.15) is 29.1 Å². The van der Waals surface area contributed by atoms with Crippen LogP contribution < -0.4 is 0 Å². The Balaban J connectivity index is 1.68. The second kappa shape index (κ2) is 6.99. The number of aromatic amines is 1. The van der Waals surface area contributed by atoms with E-state index in [1.54, 1.807) is 23.7 Å². The van der Waals surface area contributed by atoms with Crippen molar-refractivity contribution < 1.29 is 5.11 Å². The zero-order valence-electron chi connectivity index (χ0n) is 14.3. The predicted octanol–water partition coefficient (Wildman–Crippen LogP) is 3.39. The smallest absolute Gasteiger partial charge is 0.214 e. The number of aryl methyl sites for hydroxylation is 2. The van der Waals surface area contributed by atoms with E-state index in [1.807, 2.05) is 12.1 Å². The fraction of sp³-hybridized carbons (Fsp3) is 0.278. The molecule has 136 valence electrons. The quantitative estimate of drug-likeness (QED) is 0.510. The first-order chi connectivity index (χ1) is 13.3. The predicted molar refractivity (Wildman–Crippen MR) is 104 cm³/mol. The molecule has 1 aliphatic carbocycles. The zero-order valence-corrected chi connectivity index (χ0v) is 16.0. The molecule has 0 saturated carbocycles. The highest BCUT2D eigenvalue weighted by Crippen LogP contribution is 2.41. The van der Waals surface area contributed by atoms with Gasteiger partial charge in [-0.05, 0) is 55.1 Å². The third-order valence-electron chi connectivity index (χ3n) is 4.55. The standard InChI is InChI=1S/C18H16N6OS2/c25-9-13-20-18(24-23-13)27-17-14-11-5-1-2-6-12(11)26-16(14)21-15(22-17)10-4-3-7-19-8-10/h3-4,7-8,25H,1-2,5-6,9H2,(H,20,23,24). The number of aliphatic hydroxyl groups excluding tert-OH is 1. The third-order valence-corrected chi connectivity index (χ3v) is 6.59. The molecule has 4 aromatic heterocycles. The van der Waals surface area contributed by atoms with Crippen LogP contribution in [0.2, 0.25) is 0 Å². The number of fused-ring (bicyclic) bond motifs is 3. The van der Waals surface area contributed by atoms with Gasteiger partial charge in [-0.15, -0.1) is 16.4 Å². The minimum atomic E-state index is -0.165. The van der Waals surface area contributed by atoms with E-state index in [4.69, 9.17) is 9.97 Å². The lowest BCUT2D eigenvalue weighted by molar-refractivity contribution is 0.271.